The molecule has 1 saturated heterocycles. The minimum atomic E-state index is -0.528. The van der Waals surface area contributed by atoms with E-state index in [0.29, 0.717) is 12.3 Å². The molecule has 4 nitrogen and oxygen atoms in total. The summed E-state index contributed by atoms with van der Waals surface area (Å²) in [6.07, 6.45) is 1.93. The number of carbonyl (C=O) groups is 1. The first-order chi connectivity index (χ1) is 9.17. The molecule has 1 aliphatic rings. The molecule has 0 radical (unpaired) electrons. The minimum absolute atomic E-state index is 0.115. The minimum Gasteiger partial charge on any atom is -0.497 e. The Balaban J connectivity index is 2.19. The van der Waals surface area contributed by atoms with Gasteiger partial charge in [0.05, 0.1) is 12.7 Å². The molecular formula is C14H19FN2O2. The van der Waals surface area contributed by atoms with Gasteiger partial charge in [0.25, 0.3) is 5.91 Å². The van der Waals surface area contributed by atoms with Crippen LogP contribution in [0.1, 0.15) is 23.2 Å². The fourth-order valence-corrected chi connectivity index (χ4v) is 2.50. The number of likely N-dealkylation sites (N-methyl/N-ethyl adjacent to an activating group) is 1. The third-order valence-corrected chi connectivity index (χ3v) is 3.48. The van der Waals surface area contributed by atoms with Gasteiger partial charge in [-0.1, -0.05) is 0 Å². The van der Waals surface area contributed by atoms with Gasteiger partial charge < -0.3 is 15.0 Å². The van der Waals surface area contributed by atoms with Crippen LogP contribution < -0.4 is 10.1 Å². The van der Waals surface area contributed by atoms with Gasteiger partial charge in [-0.2, -0.15) is 0 Å². The number of carbonyl (C=O) groups excluding carboxylic acids is 1. The average Bonchev–Trinajstić information content (AvgIpc) is 2.86. The Kier molecular flexibility index (Phi) is 4.37. The highest BCUT2D eigenvalue weighted by molar-refractivity contribution is 5.95. The number of rotatable bonds is 4. The van der Waals surface area contributed by atoms with Gasteiger partial charge in [-0.05, 0) is 32.0 Å². The smallest absolute Gasteiger partial charge is 0.257 e. The number of methoxy groups -OCH3 is 1. The van der Waals surface area contributed by atoms with Crippen LogP contribution in [0.15, 0.2) is 18.2 Å². The van der Waals surface area contributed by atoms with Crippen LogP contribution in [0.2, 0.25) is 0 Å². The van der Waals surface area contributed by atoms with E-state index in [-0.39, 0.29) is 17.5 Å². The van der Waals surface area contributed by atoms with Crippen molar-refractivity contribution in [1.29, 1.82) is 0 Å². The number of likely N-dealkylation sites (tertiary alicyclic amines) is 1. The molecule has 0 bridgehead atoms. The van der Waals surface area contributed by atoms with Crippen LogP contribution in [0.5, 0.6) is 5.75 Å². The number of ether oxygens (including phenoxy) is 1. The van der Waals surface area contributed by atoms with Crippen molar-refractivity contribution in [2.24, 2.45) is 0 Å². The van der Waals surface area contributed by atoms with Crippen LogP contribution >= 0.6 is 0 Å². The molecule has 1 N–H and O–H groups in total. The molecule has 0 saturated carbocycles. The van der Waals surface area contributed by atoms with Gasteiger partial charge in [0.15, 0.2) is 0 Å². The molecular weight excluding hydrogens is 247 g/mol. The largest absolute Gasteiger partial charge is 0.497 e. The summed E-state index contributed by atoms with van der Waals surface area (Å²) < 4.78 is 18.9. The van der Waals surface area contributed by atoms with Gasteiger partial charge >= 0.3 is 0 Å². The first-order valence-electron chi connectivity index (χ1n) is 6.46. The van der Waals surface area contributed by atoms with Crippen molar-refractivity contribution in [3.63, 3.8) is 0 Å². The van der Waals surface area contributed by atoms with E-state index in [4.69, 9.17) is 4.74 Å². The van der Waals surface area contributed by atoms with Crippen LogP contribution in [0.25, 0.3) is 0 Å². The lowest BCUT2D eigenvalue weighted by Gasteiger charge is -2.24. The molecule has 5 heteroatoms. The van der Waals surface area contributed by atoms with Gasteiger partial charge in [-0.3, -0.25) is 4.79 Å². The predicted octanol–water partition coefficient (Wildman–Crippen LogP) is 1.66. The number of benzene rings is 1. The molecule has 19 heavy (non-hydrogen) atoms. The van der Waals surface area contributed by atoms with Crippen LogP contribution in [0.3, 0.4) is 0 Å². The number of halogens is 1. The summed E-state index contributed by atoms with van der Waals surface area (Å²) in [6, 6.07) is 4.50. The fourth-order valence-electron chi connectivity index (χ4n) is 2.50. The Morgan fingerprint density at radius 1 is 1.58 bits per heavy atom. The summed E-state index contributed by atoms with van der Waals surface area (Å²) in [5.74, 6) is -0.348. The highest BCUT2D eigenvalue weighted by atomic mass is 19.1. The summed E-state index contributed by atoms with van der Waals surface area (Å²) in [5, 5.41) is 3.07. The number of nitrogens with one attached hydrogen (secondary N) is 1. The molecule has 1 unspecified atom stereocenters. The number of nitrogens with zero attached hydrogens (tertiary/aromatic N) is 1. The van der Waals surface area contributed by atoms with Crippen LogP contribution in [0, 0.1) is 5.82 Å². The summed E-state index contributed by atoms with van der Waals surface area (Å²) in [4.78, 5) is 14.1. The van der Waals surface area contributed by atoms with Crippen molar-refractivity contribution in [1.82, 2.24) is 10.2 Å². The van der Waals surface area contributed by atoms with E-state index in [1.54, 1.807) is 11.0 Å². The molecule has 1 aliphatic heterocycles. The zero-order valence-electron chi connectivity index (χ0n) is 11.3. The topological polar surface area (TPSA) is 41.6 Å². The van der Waals surface area contributed by atoms with Crippen molar-refractivity contribution in [3.05, 3.63) is 29.6 Å². The zero-order valence-corrected chi connectivity index (χ0v) is 11.3. The SMILES string of the molecule is CNCC1CCCN1C(=O)c1ccc(OC)cc1F. The quantitative estimate of drug-likeness (QED) is 0.901. The van der Waals surface area contributed by atoms with E-state index in [9.17, 15) is 9.18 Å². The highest BCUT2D eigenvalue weighted by Crippen LogP contribution is 2.23. The van der Waals surface area contributed by atoms with E-state index in [2.05, 4.69) is 5.32 Å². The number of hydrogen-bond donors (Lipinski definition) is 1. The van der Waals surface area contributed by atoms with Crippen LogP contribution in [0.4, 0.5) is 4.39 Å². The standard InChI is InChI=1S/C14H19FN2O2/c1-16-9-10-4-3-7-17(10)14(18)12-6-5-11(19-2)8-13(12)15/h5-6,8,10,16H,3-4,7,9H2,1-2H3. The molecule has 0 aromatic heterocycles. The predicted molar refractivity (Wildman–Crippen MR) is 70.9 cm³/mol. The maximum absolute atomic E-state index is 13.9. The van der Waals surface area contributed by atoms with Gasteiger partial charge in [0.2, 0.25) is 0 Å². The van der Waals surface area contributed by atoms with Crippen LogP contribution in [-0.4, -0.2) is 44.1 Å². The first kappa shape index (κ1) is 13.8. The number of hydrogen-bond acceptors (Lipinski definition) is 3. The third kappa shape index (κ3) is 2.87. The molecule has 1 fully saturated rings. The molecule has 104 valence electrons. The first-order valence-corrected chi connectivity index (χ1v) is 6.46. The normalized spacial score (nSPS) is 18.7. The molecule has 0 aliphatic carbocycles. The Bertz CT molecular complexity index is 465. The van der Waals surface area contributed by atoms with Gasteiger partial charge in [-0.15, -0.1) is 0 Å². The fraction of sp³-hybridized carbons (Fsp3) is 0.500. The molecule has 1 atom stereocenters. The highest BCUT2D eigenvalue weighted by Gasteiger charge is 2.30. The Hall–Kier alpha value is -1.62. The maximum Gasteiger partial charge on any atom is 0.257 e. The van der Waals surface area contributed by atoms with E-state index >= 15 is 0 Å². The molecule has 1 aromatic carbocycles. The third-order valence-electron chi connectivity index (χ3n) is 3.48. The Labute approximate surface area is 112 Å². The molecule has 1 amide bonds. The molecule has 1 aromatic rings. The van der Waals surface area contributed by atoms with Crippen molar-refractivity contribution in [2.75, 3.05) is 27.2 Å². The second-order valence-corrected chi connectivity index (χ2v) is 4.70. The summed E-state index contributed by atoms with van der Waals surface area (Å²) in [6.45, 7) is 1.43. The monoisotopic (exact) mass is 266 g/mol. The maximum atomic E-state index is 13.9. The van der Waals surface area contributed by atoms with E-state index in [1.807, 2.05) is 7.05 Å². The zero-order chi connectivity index (χ0) is 13.8. The van der Waals surface area contributed by atoms with Crippen molar-refractivity contribution in [2.45, 2.75) is 18.9 Å². The van der Waals surface area contributed by atoms with Gasteiger partial charge in [0, 0.05) is 25.2 Å². The molecule has 1 heterocycles. The van der Waals surface area contributed by atoms with Crippen LogP contribution in [-0.2, 0) is 0 Å². The van der Waals surface area contributed by atoms with E-state index < -0.39 is 5.82 Å². The summed E-state index contributed by atoms with van der Waals surface area (Å²) >= 11 is 0. The lowest BCUT2D eigenvalue weighted by molar-refractivity contribution is 0.0732. The molecule has 0 spiro atoms. The Morgan fingerprint density at radius 3 is 3.00 bits per heavy atom. The van der Waals surface area contributed by atoms with Crippen molar-refractivity contribution in [3.8, 4) is 5.75 Å². The van der Waals surface area contributed by atoms with E-state index in [0.717, 1.165) is 19.4 Å². The lowest BCUT2D eigenvalue weighted by Crippen LogP contribution is -2.41. The van der Waals surface area contributed by atoms with Gasteiger partial charge in [-0.25, -0.2) is 4.39 Å². The number of amides is 1. The second-order valence-electron chi connectivity index (χ2n) is 4.70. The van der Waals surface area contributed by atoms with E-state index in [1.165, 1.54) is 19.2 Å². The average molecular weight is 266 g/mol. The molecule has 2 rings (SSSR count). The van der Waals surface area contributed by atoms with Crippen molar-refractivity contribution < 1.29 is 13.9 Å². The summed E-state index contributed by atoms with van der Waals surface area (Å²) in [7, 11) is 3.33. The summed E-state index contributed by atoms with van der Waals surface area (Å²) in [5.41, 5.74) is 0.115. The second kappa shape index (κ2) is 6.02. The Morgan fingerprint density at radius 2 is 2.37 bits per heavy atom. The van der Waals surface area contributed by atoms with Crippen molar-refractivity contribution >= 4 is 5.91 Å². The lowest BCUT2D eigenvalue weighted by atomic mass is 10.1. The van der Waals surface area contributed by atoms with Gasteiger partial charge in [0.1, 0.15) is 11.6 Å².